The number of nitrogens with zero attached hydrogens (tertiary/aromatic N) is 2. The minimum atomic E-state index is -0.742. The molecule has 42 heavy (non-hydrogen) atoms. The summed E-state index contributed by atoms with van der Waals surface area (Å²) in [6, 6.07) is 8.41. The molecule has 1 aromatic heterocycles. The first kappa shape index (κ1) is 33.2. The van der Waals surface area contributed by atoms with Gasteiger partial charge in [-0.05, 0) is 72.6 Å². The highest BCUT2D eigenvalue weighted by molar-refractivity contribution is 9.10. The number of carbonyl (C=O) groups excluding carboxylic acids is 2. The molecule has 0 aliphatic heterocycles. The molecule has 2 amide bonds. The van der Waals surface area contributed by atoms with Crippen molar-refractivity contribution in [2.75, 3.05) is 48.1 Å². The monoisotopic (exact) mass is 666 g/mol. The second-order valence-electron chi connectivity index (χ2n) is 10.6. The van der Waals surface area contributed by atoms with Crippen molar-refractivity contribution < 1.29 is 33.0 Å². The van der Waals surface area contributed by atoms with Crippen LogP contribution >= 0.6 is 27.5 Å². The van der Waals surface area contributed by atoms with Gasteiger partial charge in [-0.3, -0.25) is 9.59 Å². The number of carbonyl (C=O) groups is 2. The molecule has 0 bridgehead atoms. The van der Waals surface area contributed by atoms with E-state index in [0.29, 0.717) is 45.1 Å². The van der Waals surface area contributed by atoms with E-state index in [9.17, 15) is 14.4 Å². The molecule has 0 aliphatic rings. The minimum Gasteiger partial charge on any atom is -0.495 e. The van der Waals surface area contributed by atoms with Crippen LogP contribution in [0.15, 0.2) is 44.0 Å². The number of hydrogen-bond acceptors (Lipinski definition) is 8. The number of fused-ring (bicyclic) bond motifs is 1. The zero-order valence-electron chi connectivity index (χ0n) is 24.8. The van der Waals surface area contributed by atoms with Gasteiger partial charge < -0.3 is 33.2 Å². The van der Waals surface area contributed by atoms with Crippen molar-refractivity contribution in [3.8, 4) is 22.8 Å². The molecular formula is C30H36BrClN2O8. The van der Waals surface area contributed by atoms with Crippen LogP contribution in [0.1, 0.15) is 32.8 Å². The summed E-state index contributed by atoms with van der Waals surface area (Å²) < 4.78 is 28.0. The summed E-state index contributed by atoms with van der Waals surface area (Å²) >= 11 is 9.84. The van der Waals surface area contributed by atoms with Gasteiger partial charge in [0.1, 0.15) is 11.4 Å². The van der Waals surface area contributed by atoms with Crippen LogP contribution in [0.5, 0.6) is 11.5 Å². The Balaban J connectivity index is 2.00. The van der Waals surface area contributed by atoms with Gasteiger partial charge in [0.15, 0.2) is 11.3 Å². The van der Waals surface area contributed by atoms with Crippen LogP contribution in [0.4, 0.5) is 4.79 Å². The lowest BCUT2D eigenvalue weighted by molar-refractivity contribution is -0.130. The van der Waals surface area contributed by atoms with E-state index in [0.717, 1.165) is 0 Å². The third-order valence-electron chi connectivity index (χ3n) is 6.26. The molecule has 0 unspecified atom stereocenters. The highest BCUT2D eigenvalue weighted by Crippen LogP contribution is 2.37. The smallest absolute Gasteiger partial charge is 0.410 e. The van der Waals surface area contributed by atoms with E-state index in [1.54, 1.807) is 70.2 Å². The summed E-state index contributed by atoms with van der Waals surface area (Å²) in [4.78, 5) is 42.4. The maximum Gasteiger partial charge on any atom is 0.410 e. The van der Waals surface area contributed by atoms with Gasteiger partial charge in [-0.2, -0.15) is 0 Å². The SMILES string of the molecule is COCCN(C)C(=O)CCN(Cc1cc(Br)c2oc(-c3ccc(OC)c(Cl)c3)c(OC)c(=O)c2c1)C(=O)OC(C)(C)C. The first-order valence-electron chi connectivity index (χ1n) is 13.2. The first-order chi connectivity index (χ1) is 19.8. The molecule has 228 valence electrons. The zero-order valence-corrected chi connectivity index (χ0v) is 27.2. The van der Waals surface area contributed by atoms with Gasteiger partial charge in [-0.1, -0.05) is 11.6 Å². The predicted molar refractivity (Wildman–Crippen MR) is 165 cm³/mol. The molecule has 0 atom stereocenters. The van der Waals surface area contributed by atoms with Crippen molar-refractivity contribution in [1.29, 1.82) is 0 Å². The Morgan fingerprint density at radius 1 is 1.05 bits per heavy atom. The lowest BCUT2D eigenvalue weighted by Gasteiger charge is -2.28. The predicted octanol–water partition coefficient (Wildman–Crippen LogP) is 6.13. The van der Waals surface area contributed by atoms with Crippen molar-refractivity contribution in [2.24, 2.45) is 0 Å². The number of ether oxygens (including phenoxy) is 4. The molecule has 0 saturated heterocycles. The van der Waals surface area contributed by atoms with E-state index in [1.807, 2.05) is 0 Å². The number of rotatable bonds is 11. The standard InChI is InChI=1S/C30H36BrClN2O8/c1-30(2,3)42-29(37)34(11-10-24(35)33(4)12-13-38-5)17-18-14-20-25(36)28(40-7)26(41-27(20)21(31)15-18)19-8-9-23(39-6)22(32)16-19/h8-9,14-16H,10-13,17H2,1-7H3. The van der Waals surface area contributed by atoms with Gasteiger partial charge in [0.25, 0.3) is 0 Å². The average Bonchev–Trinajstić information content (AvgIpc) is 2.93. The van der Waals surface area contributed by atoms with Crippen molar-refractivity contribution in [2.45, 2.75) is 39.3 Å². The Morgan fingerprint density at radius 2 is 1.76 bits per heavy atom. The second-order valence-corrected chi connectivity index (χ2v) is 11.8. The van der Waals surface area contributed by atoms with E-state index in [1.165, 1.54) is 19.1 Å². The molecule has 3 aromatic rings. The maximum atomic E-state index is 13.6. The molecule has 0 spiro atoms. The van der Waals surface area contributed by atoms with Crippen LogP contribution < -0.4 is 14.9 Å². The van der Waals surface area contributed by atoms with Gasteiger partial charge in [0.2, 0.25) is 17.1 Å². The molecule has 0 N–H and O–H groups in total. The van der Waals surface area contributed by atoms with Crippen molar-refractivity contribution in [3.05, 3.63) is 55.6 Å². The third-order valence-corrected chi connectivity index (χ3v) is 7.14. The summed E-state index contributed by atoms with van der Waals surface area (Å²) in [5, 5.41) is 0.596. The third kappa shape index (κ3) is 8.17. The second kappa shape index (κ2) is 14.3. The van der Waals surface area contributed by atoms with Crippen LogP contribution in [-0.4, -0.2) is 75.5 Å². The Bertz CT molecular complexity index is 1500. The summed E-state index contributed by atoms with van der Waals surface area (Å²) in [5.41, 5.74) is 0.305. The molecule has 0 radical (unpaired) electrons. The Morgan fingerprint density at radius 3 is 2.36 bits per heavy atom. The van der Waals surface area contributed by atoms with Gasteiger partial charge in [0.05, 0.1) is 35.7 Å². The molecule has 0 aliphatic carbocycles. The van der Waals surface area contributed by atoms with E-state index in [4.69, 9.17) is 35.0 Å². The number of methoxy groups -OCH3 is 3. The maximum absolute atomic E-state index is 13.6. The van der Waals surface area contributed by atoms with E-state index < -0.39 is 17.1 Å². The summed E-state index contributed by atoms with van der Waals surface area (Å²) in [7, 11) is 6.14. The lowest BCUT2D eigenvalue weighted by atomic mass is 10.1. The molecule has 2 aromatic carbocycles. The summed E-state index contributed by atoms with van der Waals surface area (Å²) in [6.45, 7) is 6.33. The van der Waals surface area contributed by atoms with E-state index in [-0.39, 0.29) is 42.3 Å². The molecule has 0 fully saturated rings. The van der Waals surface area contributed by atoms with Gasteiger partial charge in [0, 0.05) is 45.8 Å². The highest BCUT2D eigenvalue weighted by atomic mass is 79.9. The number of halogens is 2. The van der Waals surface area contributed by atoms with Crippen LogP contribution in [0.25, 0.3) is 22.3 Å². The number of likely N-dealkylation sites (N-methyl/N-ethyl adjacent to an activating group) is 1. The normalized spacial score (nSPS) is 11.4. The van der Waals surface area contributed by atoms with Crippen LogP contribution in [0.3, 0.4) is 0 Å². The number of benzene rings is 2. The van der Waals surface area contributed by atoms with Crippen molar-refractivity contribution in [1.82, 2.24) is 9.80 Å². The number of hydrogen-bond donors (Lipinski definition) is 0. The molecular weight excluding hydrogens is 632 g/mol. The lowest BCUT2D eigenvalue weighted by Crippen LogP contribution is -2.39. The molecule has 12 heteroatoms. The summed E-state index contributed by atoms with van der Waals surface area (Å²) in [6.07, 6.45) is -0.500. The van der Waals surface area contributed by atoms with Gasteiger partial charge in [-0.25, -0.2) is 4.79 Å². The minimum absolute atomic E-state index is 0.00137. The van der Waals surface area contributed by atoms with Crippen molar-refractivity contribution >= 4 is 50.5 Å². The molecule has 1 heterocycles. The molecule has 0 saturated carbocycles. The van der Waals surface area contributed by atoms with Crippen molar-refractivity contribution in [3.63, 3.8) is 0 Å². The highest BCUT2D eigenvalue weighted by Gasteiger charge is 2.25. The van der Waals surface area contributed by atoms with Crippen LogP contribution in [0, 0.1) is 0 Å². The quantitative estimate of drug-likeness (QED) is 0.241. The fourth-order valence-electron chi connectivity index (χ4n) is 4.13. The molecule has 3 rings (SSSR count). The first-order valence-corrected chi connectivity index (χ1v) is 14.3. The topological polar surface area (TPSA) is 108 Å². The van der Waals surface area contributed by atoms with Gasteiger partial charge in [-0.15, -0.1) is 0 Å². The Labute approximate surface area is 258 Å². The fraction of sp³-hybridized carbons (Fsp3) is 0.433. The Hall–Kier alpha value is -3.28. The fourth-order valence-corrected chi connectivity index (χ4v) is 4.97. The van der Waals surface area contributed by atoms with Gasteiger partial charge >= 0.3 is 6.09 Å². The van der Waals surface area contributed by atoms with E-state index in [2.05, 4.69) is 15.9 Å². The zero-order chi connectivity index (χ0) is 31.2. The van der Waals surface area contributed by atoms with E-state index >= 15 is 0 Å². The van der Waals surface area contributed by atoms with Crippen LogP contribution in [-0.2, 0) is 20.8 Å². The largest absolute Gasteiger partial charge is 0.495 e. The van der Waals surface area contributed by atoms with Crippen LogP contribution in [0.2, 0.25) is 5.02 Å². The average molecular weight is 668 g/mol. The summed E-state index contributed by atoms with van der Waals surface area (Å²) in [5.74, 6) is 0.545. The molecule has 10 nitrogen and oxygen atoms in total. The number of amides is 2. The Kier molecular flexibility index (Phi) is 11.3.